The van der Waals surface area contributed by atoms with E-state index in [1.807, 2.05) is 0 Å². The van der Waals surface area contributed by atoms with Crippen molar-refractivity contribution in [2.75, 3.05) is 11.4 Å². The number of amides is 1. The molecule has 0 bridgehead atoms. The lowest BCUT2D eigenvalue weighted by Gasteiger charge is -2.23. The van der Waals surface area contributed by atoms with Gasteiger partial charge in [-0.1, -0.05) is 22.0 Å². The first-order valence-electron chi connectivity index (χ1n) is 7.02. The van der Waals surface area contributed by atoms with Crippen LogP contribution in [0.4, 0.5) is 15.8 Å². The van der Waals surface area contributed by atoms with Crippen LogP contribution in [0, 0.1) is 15.9 Å². The zero-order valence-electron chi connectivity index (χ0n) is 12.7. The number of hydrogen-bond donors (Lipinski definition) is 1. The minimum atomic E-state index is -1.16. The molecular formula is C16H12BrFN2O5. The molecule has 0 aromatic heterocycles. The van der Waals surface area contributed by atoms with Gasteiger partial charge in [0.05, 0.1) is 17.0 Å². The number of non-ortho nitro benzene ring substituents is 1. The summed E-state index contributed by atoms with van der Waals surface area (Å²) >= 11 is 3.10. The number of aliphatic carboxylic acids is 1. The van der Waals surface area contributed by atoms with Crippen molar-refractivity contribution in [3.63, 3.8) is 0 Å². The summed E-state index contributed by atoms with van der Waals surface area (Å²) in [4.78, 5) is 34.7. The summed E-state index contributed by atoms with van der Waals surface area (Å²) in [5, 5.41) is 19.7. The number of carboxylic acids is 1. The summed E-state index contributed by atoms with van der Waals surface area (Å²) in [6.07, 6.45) is -0.407. The fraction of sp³-hybridized carbons (Fsp3) is 0.125. The molecule has 0 heterocycles. The van der Waals surface area contributed by atoms with E-state index in [-0.39, 0.29) is 23.5 Å². The van der Waals surface area contributed by atoms with Crippen molar-refractivity contribution >= 4 is 39.2 Å². The Hall–Kier alpha value is -2.81. The molecule has 2 aromatic carbocycles. The van der Waals surface area contributed by atoms with E-state index in [1.165, 1.54) is 30.3 Å². The number of carboxylic acid groups (broad SMARTS) is 1. The Labute approximate surface area is 150 Å². The van der Waals surface area contributed by atoms with Crippen LogP contribution in [-0.2, 0) is 4.79 Å². The van der Waals surface area contributed by atoms with Gasteiger partial charge >= 0.3 is 5.97 Å². The summed E-state index contributed by atoms with van der Waals surface area (Å²) < 4.78 is 14.7. The average Bonchev–Trinajstić information content (AvgIpc) is 2.56. The second-order valence-electron chi connectivity index (χ2n) is 5.00. The number of nitro benzene ring substituents is 1. The molecule has 2 rings (SSSR count). The lowest BCUT2D eigenvalue weighted by atomic mass is 10.1. The van der Waals surface area contributed by atoms with Gasteiger partial charge < -0.3 is 10.0 Å². The summed E-state index contributed by atoms with van der Waals surface area (Å²) in [5.41, 5.74) is -0.442. The second kappa shape index (κ2) is 7.84. The molecule has 25 heavy (non-hydrogen) atoms. The smallest absolute Gasteiger partial charge is 0.305 e. The van der Waals surface area contributed by atoms with Gasteiger partial charge in [-0.05, 0) is 24.3 Å². The SMILES string of the molecule is O=C(O)CCN(C(=O)c1cccc([N+](=O)[O-])c1)c1ccc(Br)cc1F. The number of benzene rings is 2. The zero-order valence-corrected chi connectivity index (χ0v) is 14.3. The Kier molecular flexibility index (Phi) is 5.81. The number of hydrogen-bond acceptors (Lipinski definition) is 4. The average molecular weight is 411 g/mol. The molecular weight excluding hydrogens is 399 g/mol. The highest BCUT2D eigenvalue weighted by atomic mass is 79.9. The van der Waals surface area contributed by atoms with E-state index in [9.17, 15) is 24.1 Å². The third kappa shape index (κ3) is 4.60. The van der Waals surface area contributed by atoms with Crippen LogP contribution in [0.3, 0.4) is 0 Å². The molecule has 2 aromatic rings. The Morgan fingerprint density at radius 2 is 1.96 bits per heavy atom. The van der Waals surface area contributed by atoms with Crippen LogP contribution in [0.15, 0.2) is 46.9 Å². The molecule has 0 fully saturated rings. The van der Waals surface area contributed by atoms with E-state index in [2.05, 4.69) is 15.9 Å². The number of carbonyl (C=O) groups excluding carboxylic acids is 1. The van der Waals surface area contributed by atoms with Crippen LogP contribution < -0.4 is 4.90 Å². The Bertz CT molecular complexity index is 843. The van der Waals surface area contributed by atoms with Crippen LogP contribution in [0.25, 0.3) is 0 Å². The number of carbonyl (C=O) groups is 2. The number of anilines is 1. The maximum atomic E-state index is 14.2. The molecule has 1 amide bonds. The van der Waals surface area contributed by atoms with E-state index in [0.29, 0.717) is 4.47 Å². The molecule has 130 valence electrons. The van der Waals surface area contributed by atoms with Gasteiger partial charge in [0, 0.05) is 28.7 Å². The molecule has 7 nitrogen and oxygen atoms in total. The van der Waals surface area contributed by atoms with Crippen LogP contribution in [0.5, 0.6) is 0 Å². The standard InChI is InChI=1S/C16H12BrFN2O5/c17-11-4-5-14(13(18)9-11)19(7-6-15(21)22)16(23)10-2-1-3-12(8-10)20(24)25/h1-5,8-9H,6-7H2,(H,21,22). The van der Waals surface area contributed by atoms with Gasteiger partial charge in [-0.15, -0.1) is 0 Å². The van der Waals surface area contributed by atoms with Crippen molar-refractivity contribution < 1.29 is 24.0 Å². The molecule has 0 aliphatic rings. The van der Waals surface area contributed by atoms with Gasteiger partial charge in [-0.2, -0.15) is 0 Å². The predicted molar refractivity (Wildman–Crippen MR) is 91.1 cm³/mol. The number of nitrogens with zero attached hydrogens (tertiary/aromatic N) is 2. The van der Waals surface area contributed by atoms with Crippen molar-refractivity contribution in [2.24, 2.45) is 0 Å². The fourth-order valence-electron chi connectivity index (χ4n) is 2.15. The molecule has 0 unspecified atom stereocenters. The summed E-state index contributed by atoms with van der Waals surface area (Å²) in [6.45, 7) is -0.282. The lowest BCUT2D eigenvalue weighted by molar-refractivity contribution is -0.384. The molecule has 0 aliphatic carbocycles. The Morgan fingerprint density at radius 3 is 2.56 bits per heavy atom. The van der Waals surface area contributed by atoms with Gasteiger partial charge in [-0.25, -0.2) is 4.39 Å². The van der Waals surface area contributed by atoms with E-state index in [0.717, 1.165) is 17.0 Å². The molecule has 0 saturated carbocycles. The van der Waals surface area contributed by atoms with Gasteiger partial charge in [0.25, 0.3) is 11.6 Å². The topological polar surface area (TPSA) is 101 Å². The van der Waals surface area contributed by atoms with Crippen molar-refractivity contribution in [1.29, 1.82) is 0 Å². The Balaban J connectivity index is 2.44. The number of halogens is 2. The number of rotatable bonds is 6. The van der Waals surface area contributed by atoms with Crippen LogP contribution >= 0.6 is 15.9 Å². The van der Waals surface area contributed by atoms with E-state index >= 15 is 0 Å². The van der Waals surface area contributed by atoms with Crippen molar-refractivity contribution in [1.82, 2.24) is 0 Å². The van der Waals surface area contributed by atoms with Gasteiger partial charge in [0.1, 0.15) is 5.82 Å². The van der Waals surface area contributed by atoms with E-state index in [4.69, 9.17) is 5.11 Å². The normalized spacial score (nSPS) is 10.3. The van der Waals surface area contributed by atoms with E-state index in [1.54, 1.807) is 0 Å². The Morgan fingerprint density at radius 1 is 1.24 bits per heavy atom. The van der Waals surface area contributed by atoms with Gasteiger partial charge in [-0.3, -0.25) is 19.7 Å². The summed E-state index contributed by atoms with van der Waals surface area (Å²) in [5.74, 6) is -2.61. The molecule has 0 aliphatic heterocycles. The largest absolute Gasteiger partial charge is 0.481 e. The lowest BCUT2D eigenvalue weighted by Crippen LogP contribution is -2.33. The molecule has 0 spiro atoms. The molecule has 0 saturated heterocycles. The third-order valence-electron chi connectivity index (χ3n) is 3.30. The first-order chi connectivity index (χ1) is 11.8. The van der Waals surface area contributed by atoms with Crippen molar-refractivity contribution in [2.45, 2.75) is 6.42 Å². The maximum Gasteiger partial charge on any atom is 0.305 e. The van der Waals surface area contributed by atoms with Crippen molar-refractivity contribution in [3.8, 4) is 0 Å². The van der Waals surface area contributed by atoms with Crippen LogP contribution in [-0.4, -0.2) is 28.5 Å². The van der Waals surface area contributed by atoms with E-state index < -0.39 is 29.0 Å². The molecule has 1 N–H and O–H groups in total. The minimum absolute atomic E-state index is 0.0399. The number of nitro groups is 1. The molecule has 9 heteroatoms. The predicted octanol–water partition coefficient (Wildman–Crippen LogP) is 3.62. The second-order valence-corrected chi connectivity index (χ2v) is 5.92. The zero-order chi connectivity index (χ0) is 18.6. The van der Waals surface area contributed by atoms with Crippen molar-refractivity contribution in [3.05, 3.63) is 68.4 Å². The van der Waals surface area contributed by atoms with Gasteiger partial charge in [0.2, 0.25) is 0 Å². The quantitative estimate of drug-likeness (QED) is 0.578. The summed E-state index contributed by atoms with van der Waals surface area (Å²) in [7, 11) is 0. The third-order valence-corrected chi connectivity index (χ3v) is 3.79. The highest BCUT2D eigenvalue weighted by Crippen LogP contribution is 2.26. The molecule has 0 radical (unpaired) electrons. The maximum absolute atomic E-state index is 14.2. The van der Waals surface area contributed by atoms with Crippen LogP contribution in [0.2, 0.25) is 0 Å². The van der Waals surface area contributed by atoms with Crippen LogP contribution in [0.1, 0.15) is 16.8 Å². The monoisotopic (exact) mass is 410 g/mol. The molecule has 0 atom stereocenters. The highest BCUT2D eigenvalue weighted by Gasteiger charge is 2.23. The minimum Gasteiger partial charge on any atom is -0.481 e. The first-order valence-corrected chi connectivity index (χ1v) is 7.82. The first kappa shape index (κ1) is 18.5. The van der Waals surface area contributed by atoms with Gasteiger partial charge in [0.15, 0.2) is 0 Å². The fourth-order valence-corrected chi connectivity index (χ4v) is 2.48. The summed E-state index contributed by atoms with van der Waals surface area (Å²) in [6, 6.07) is 8.94. The highest BCUT2D eigenvalue weighted by molar-refractivity contribution is 9.10.